The predicted molar refractivity (Wildman–Crippen MR) is 73.0 cm³/mol. The number of nitrogens with one attached hydrogen (secondary N) is 2. The van der Waals surface area contributed by atoms with Crippen LogP contribution in [0.1, 0.15) is 23.7 Å². The van der Waals surface area contributed by atoms with Crippen molar-refractivity contribution >= 4 is 17.5 Å². The molecule has 1 atom stereocenters. The molecule has 2 N–H and O–H groups in total. The Kier molecular flexibility index (Phi) is 3.25. The van der Waals surface area contributed by atoms with Crippen molar-refractivity contribution in [1.82, 2.24) is 5.32 Å². The predicted octanol–water partition coefficient (Wildman–Crippen LogP) is 2.02. The lowest BCUT2D eigenvalue weighted by atomic mass is 9.90. The highest BCUT2D eigenvalue weighted by molar-refractivity contribution is 6.01. The summed E-state index contributed by atoms with van der Waals surface area (Å²) >= 11 is 0. The second-order valence-electron chi connectivity index (χ2n) is 4.69. The molecule has 20 heavy (non-hydrogen) atoms. The Bertz CT molecular complexity index is 634. The molecule has 0 saturated heterocycles. The summed E-state index contributed by atoms with van der Waals surface area (Å²) in [7, 11) is 0. The minimum atomic E-state index is -0.449. The summed E-state index contributed by atoms with van der Waals surface area (Å²) in [5.74, 6) is -0.0626. The molecule has 2 amide bonds. The summed E-state index contributed by atoms with van der Waals surface area (Å²) in [4.78, 5) is 23.9. The lowest BCUT2D eigenvalue weighted by Gasteiger charge is -2.24. The molecule has 3 rings (SSSR count). The fourth-order valence-corrected chi connectivity index (χ4v) is 2.36. The molecule has 1 aromatic carbocycles. The second-order valence-corrected chi connectivity index (χ2v) is 4.69. The van der Waals surface area contributed by atoms with Gasteiger partial charge in [0.25, 0.3) is 0 Å². The fraction of sp³-hybridized carbons (Fsp3) is 0.200. The average Bonchev–Trinajstić information content (AvgIpc) is 2.97. The molecule has 1 aliphatic heterocycles. The number of furan rings is 1. The first-order valence-electron chi connectivity index (χ1n) is 6.43. The molecule has 5 nitrogen and oxygen atoms in total. The summed E-state index contributed by atoms with van der Waals surface area (Å²) in [6.07, 6.45) is 1.73. The number of anilines is 1. The molecule has 0 aliphatic carbocycles. The number of benzene rings is 1. The molecule has 0 spiro atoms. The van der Waals surface area contributed by atoms with Crippen molar-refractivity contribution in [2.75, 3.05) is 5.32 Å². The van der Waals surface area contributed by atoms with E-state index in [2.05, 4.69) is 10.6 Å². The van der Waals surface area contributed by atoms with Crippen LogP contribution in [0.5, 0.6) is 0 Å². The smallest absolute Gasteiger partial charge is 0.228 e. The van der Waals surface area contributed by atoms with Gasteiger partial charge in [0.2, 0.25) is 11.8 Å². The van der Waals surface area contributed by atoms with Crippen LogP contribution in [0, 0.1) is 0 Å². The Balaban J connectivity index is 1.76. The highest BCUT2D eigenvalue weighted by Crippen LogP contribution is 2.31. The van der Waals surface area contributed by atoms with Gasteiger partial charge >= 0.3 is 0 Å². The summed E-state index contributed by atoms with van der Waals surface area (Å²) in [5, 5.41) is 5.58. The van der Waals surface area contributed by atoms with Crippen molar-refractivity contribution in [2.45, 2.75) is 18.9 Å². The molecule has 0 fully saturated rings. The third-order valence-electron chi connectivity index (χ3n) is 3.33. The van der Waals surface area contributed by atoms with E-state index in [1.807, 2.05) is 18.2 Å². The molecule has 1 aromatic heterocycles. The first-order valence-corrected chi connectivity index (χ1v) is 6.43. The van der Waals surface area contributed by atoms with Gasteiger partial charge in [-0.3, -0.25) is 9.59 Å². The number of carbonyl (C=O) groups excluding carboxylic acids is 2. The molecule has 0 bridgehead atoms. The van der Waals surface area contributed by atoms with Gasteiger partial charge in [-0.1, -0.05) is 18.2 Å². The molecular formula is C15H14N2O3. The van der Waals surface area contributed by atoms with Gasteiger partial charge in [0.15, 0.2) is 0 Å². The highest BCUT2D eigenvalue weighted by Gasteiger charge is 2.30. The Morgan fingerprint density at radius 1 is 1.30 bits per heavy atom. The van der Waals surface area contributed by atoms with Crippen molar-refractivity contribution in [3.63, 3.8) is 0 Å². The molecule has 0 radical (unpaired) electrons. The van der Waals surface area contributed by atoms with E-state index in [4.69, 9.17) is 4.42 Å². The molecule has 1 aliphatic rings. The van der Waals surface area contributed by atoms with Crippen LogP contribution in [0.15, 0.2) is 47.1 Å². The molecule has 2 heterocycles. The summed E-state index contributed by atoms with van der Waals surface area (Å²) < 4.78 is 5.17. The van der Waals surface area contributed by atoms with Crippen LogP contribution in [-0.2, 0) is 16.1 Å². The van der Waals surface area contributed by atoms with Gasteiger partial charge in [0.1, 0.15) is 5.76 Å². The standard InChI is InChI=1S/C15H14N2O3/c18-14-8-12(11-5-1-2-6-13(11)17-14)15(19)16-9-10-4-3-7-20-10/h1-7,12H,8-9H2,(H,16,19)(H,17,18)/t12-/m1/s1. The summed E-state index contributed by atoms with van der Waals surface area (Å²) in [5.41, 5.74) is 1.56. The van der Waals surface area contributed by atoms with E-state index < -0.39 is 5.92 Å². The molecule has 0 unspecified atom stereocenters. The first kappa shape index (κ1) is 12.5. The summed E-state index contributed by atoms with van der Waals surface area (Å²) in [6.45, 7) is 0.326. The van der Waals surface area contributed by atoms with E-state index in [1.165, 1.54) is 0 Å². The van der Waals surface area contributed by atoms with Crippen LogP contribution in [0.3, 0.4) is 0 Å². The Labute approximate surface area is 116 Å². The van der Waals surface area contributed by atoms with E-state index in [0.717, 1.165) is 5.56 Å². The Morgan fingerprint density at radius 2 is 2.15 bits per heavy atom. The fourth-order valence-electron chi connectivity index (χ4n) is 2.36. The molecule has 0 saturated carbocycles. The van der Waals surface area contributed by atoms with E-state index >= 15 is 0 Å². The number of fused-ring (bicyclic) bond motifs is 1. The van der Waals surface area contributed by atoms with Gasteiger partial charge in [0.05, 0.1) is 18.7 Å². The lowest BCUT2D eigenvalue weighted by molar-refractivity contribution is -0.126. The van der Waals surface area contributed by atoms with E-state index in [9.17, 15) is 9.59 Å². The number of amides is 2. The van der Waals surface area contributed by atoms with Gasteiger partial charge in [-0.15, -0.1) is 0 Å². The molecular weight excluding hydrogens is 256 g/mol. The quantitative estimate of drug-likeness (QED) is 0.896. The Morgan fingerprint density at radius 3 is 2.95 bits per heavy atom. The van der Waals surface area contributed by atoms with Crippen LogP contribution in [-0.4, -0.2) is 11.8 Å². The maximum atomic E-state index is 12.3. The maximum absolute atomic E-state index is 12.3. The van der Waals surface area contributed by atoms with Gasteiger partial charge in [-0.25, -0.2) is 0 Å². The van der Waals surface area contributed by atoms with Gasteiger partial charge in [-0.2, -0.15) is 0 Å². The maximum Gasteiger partial charge on any atom is 0.228 e. The number of rotatable bonds is 3. The zero-order valence-corrected chi connectivity index (χ0v) is 10.8. The van der Waals surface area contributed by atoms with Gasteiger partial charge in [-0.05, 0) is 23.8 Å². The molecule has 5 heteroatoms. The third kappa shape index (κ3) is 2.42. The Hall–Kier alpha value is -2.56. The SMILES string of the molecule is O=C1C[C@@H](C(=O)NCc2ccco2)c2ccccc2N1. The largest absolute Gasteiger partial charge is 0.467 e. The monoisotopic (exact) mass is 270 g/mol. The molecule has 102 valence electrons. The van der Waals surface area contributed by atoms with Gasteiger partial charge < -0.3 is 15.1 Å². The van der Waals surface area contributed by atoms with Crippen molar-refractivity contribution < 1.29 is 14.0 Å². The second kappa shape index (κ2) is 5.21. The van der Waals surface area contributed by atoms with Crippen molar-refractivity contribution in [2.24, 2.45) is 0 Å². The van der Waals surface area contributed by atoms with Gasteiger partial charge in [0, 0.05) is 12.1 Å². The number of carbonyl (C=O) groups is 2. The number of hydrogen-bond acceptors (Lipinski definition) is 3. The minimum Gasteiger partial charge on any atom is -0.467 e. The van der Waals surface area contributed by atoms with Crippen LogP contribution < -0.4 is 10.6 Å². The normalized spacial score (nSPS) is 17.2. The zero-order chi connectivity index (χ0) is 13.9. The average molecular weight is 270 g/mol. The van der Waals surface area contributed by atoms with Crippen molar-refractivity contribution in [3.8, 4) is 0 Å². The summed E-state index contributed by atoms with van der Waals surface area (Å²) in [6, 6.07) is 10.9. The first-order chi connectivity index (χ1) is 9.74. The zero-order valence-electron chi connectivity index (χ0n) is 10.8. The van der Waals surface area contributed by atoms with Crippen molar-refractivity contribution in [1.29, 1.82) is 0 Å². The number of para-hydroxylation sites is 1. The van der Waals surface area contributed by atoms with Crippen LogP contribution >= 0.6 is 0 Å². The van der Waals surface area contributed by atoms with Crippen LogP contribution in [0.25, 0.3) is 0 Å². The van der Waals surface area contributed by atoms with E-state index in [0.29, 0.717) is 18.0 Å². The van der Waals surface area contributed by atoms with Crippen molar-refractivity contribution in [3.05, 3.63) is 54.0 Å². The van der Waals surface area contributed by atoms with E-state index in [-0.39, 0.29) is 18.2 Å². The highest BCUT2D eigenvalue weighted by atomic mass is 16.3. The van der Waals surface area contributed by atoms with Crippen LogP contribution in [0.4, 0.5) is 5.69 Å². The number of hydrogen-bond donors (Lipinski definition) is 2. The topological polar surface area (TPSA) is 71.3 Å². The van der Waals surface area contributed by atoms with Crippen LogP contribution in [0.2, 0.25) is 0 Å². The van der Waals surface area contributed by atoms with E-state index in [1.54, 1.807) is 24.5 Å². The minimum absolute atomic E-state index is 0.137. The molecule has 2 aromatic rings. The lowest BCUT2D eigenvalue weighted by Crippen LogP contribution is -2.34. The third-order valence-corrected chi connectivity index (χ3v) is 3.33.